The molecule has 6 rings (SSSR count). The van der Waals surface area contributed by atoms with Crippen molar-refractivity contribution < 1.29 is 14.3 Å². The number of rotatable bonds is 9. The van der Waals surface area contributed by atoms with E-state index in [0.29, 0.717) is 44.3 Å². The number of thiocarbonyl (C=S) groups is 1. The number of ether oxygens (including phenoxy) is 1. The summed E-state index contributed by atoms with van der Waals surface area (Å²) in [5, 5.41) is 7.08. The molecule has 0 radical (unpaired) electrons. The number of hydrogen-bond donors (Lipinski definition) is 2. The molecule has 9 nitrogen and oxygen atoms in total. The van der Waals surface area contributed by atoms with Crippen LogP contribution in [0, 0.1) is 0 Å². The molecule has 0 spiro atoms. The Hall–Kier alpha value is -4.02. The van der Waals surface area contributed by atoms with Crippen LogP contribution in [0.1, 0.15) is 42.9 Å². The van der Waals surface area contributed by atoms with Crippen LogP contribution in [0.2, 0.25) is 0 Å². The molecule has 3 heterocycles. The van der Waals surface area contributed by atoms with Crippen LogP contribution in [0.4, 0.5) is 11.4 Å². The van der Waals surface area contributed by atoms with Crippen LogP contribution in [0.3, 0.4) is 0 Å². The molecule has 1 atom stereocenters. The summed E-state index contributed by atoms with van der Waals surface area (Å²) in [6.07, 6.45) is 6.43. The van der Waals surface area contributed by atoms with Crippen LogP contribution in [0.25, 0.3) is 0 Å². The molecule has 2 N–H and O–H groups in total. The predicted octanol–water partition coefficient (Wildman–Crippen LogP) is 4.13. The fourth-order valence-corrected chi connectivity index (χ4v) is 6.69. The summed E-state index contributed by atoms with van der Waals surface area (Å²) < 4.78 is 5.47. The summed E-state index contributed by atoms with van der Waals surface area (Å²) in [5.74, 6) is -0.271. The first-order valence-corrected chi connectivity index (χ1v) is 15.5. The standard InChI is InChI=1S/C33H38N6O3S/c40-30(24-38-23-29(36-32(38)43)26-8-2-1-3-9-26)39(22-25-7-6-16-34-21-25)33(14-4-5-15-33)31(41)35-27-10-12-28(13-11-27)37-17-19-42-20-18-37/h1-3,6-13,16,21,29H,4-5,14-15,17-20,22-24H2,(H,35,41)(H,36,43)/t29-/m1/s1. The third-order valence-electron chi connectivity index (χ3n) is 8.75. The lowest BCUT2D eigenvalue weighted by Gasteiger charge is -2.41. The van der Waals surface area contributed by atoms with E-state index in [1.54, 1.807) is 17.3 Å². The molecule has 1 aliphatic carbocycles. The maximum absolute atomic E-state index is 14.2. The van der Waals surface area contributed by atoms with Crippen LogP contribution >= 0.6 is 12.2 Å². The minimum Gasteiger partial charge on any atom is -0.378 e. The molecular formula is C33H38N6O3S. The van der Waals surface area contributed by atoms with Crippen molar-refractivity contribution in [2.75, 3.05) is 49.6 Å². The second-order valence-corrected chi connectivity index (χ2v) is 11.9. The molecule has 3 aliphatic rings. The minimum absolute atomic E-state index is 0.0115. The number of morpholine rings is 1. The molecule has 1 saturated carbocycles. The fraction of sp³-hybridized carbons (Fsp3) is 0.394. The van der Waals surface area contributed by atoms with E-state index in [2.05, 4.69) is 32.7 Å². The first-order valence-electron chi connectivity index (χ1n) is 15.1. The Morgan fingerprint density at radius 1 is 1.02 bits per heavy atom. The van der Waals surface area contributed by atoms with E-state index in [4.69, 9.17) is 17.0 Å². The number of carbonyl (C=O) groups is 2. The zero-order valence-corrected chi connectivity index (χ0v) is 25.1. The number of nitrogens with zero attached hydrogens (tertiary/aromatic N) is 4. The van der Waals surface area contributed by atoms with Gasteiger partial charge in [-0.1, -0.05) is 49.2 Å². The second kappa shape index (κ2) is 13.1. The van der Waals surface area contributed by atoms with Crippen LogP contribution in [-0.4, -0.2) is 76.6 Å². The van der Waals surface area contributed by atoms with Gasteiger partial charge in [-0.15, -0.1) is 0 Å². The number of pyridine rings is 1. The minimum atomic E-state index is -0.969. The Morgan fingerprint density at radius 3 is 2.47 bits per heavy atom. The molecular weight excluding hydrogens is 560 g/mol. The molecule has 2 saturated heterocycles. The molecule has 1 aromatic heterocycles. The average molecular weight is 599 g/mol. The zero-order chi connectivity index (χ0) is 29.6. The third kappa shape index (κ3) is 6.50. The molecule has 224 valence electrons. The molecule has 0 bridgehead atoms. The highest BCUT2D eigenvalue weighted by Crippen LogP contribution is 2.38. The van der Waals surface area contributed by atoms with Crippen LogP contribution in [0.15, 0.2) is 79.1 Å². The van der Waals surface area contributed by atoms with Crippen LogP contribution in [-0.2, 0) is 20.9 Å². The lowest BCUT2D eigenvalue weighted by molar-refractivity contribution is -0.146. The van der Waals surface area contributed by atoms with Gasteiger partial charge in [-0.3, -0.25) is 14.6 Å². The number of amides is 2. The predicted molar refractivity (Wildman–Crippen MR) is 171 cm³/mol. The molecule has 0 unspecified atom stereocenters. The Bertz CT molecular complexity index is 1410. The molecule has 3 fully saturated rings. The van der Waals surface area contributed by atoms with Gasteiger partial charge >= 0.3 is 0 Å². The first kappa shape index (κ1) is 29.1. The molecule has 2 amide bonds. The highest BCUT2D eigenvalue weighted by molar-refractivity contribution is 7.80. The van der Waals surface area contributed by atoms with E-state index in [1.165, 1.54) is 0 Å². The topological polar surface area (TPSA) is 90.0 Å². The van der Waals surface area contributed by atoms with Gasteiger partial charge < -0.3 is 30.1 Å². The summed E-state index contributed by atoms with van der Waals surface area (Å²) in [4.78, 5) is 38.7. The highest BCUT2D eigenvalue weighted by Gasteiger charge is 2.49. The summed E-state index contributed by atoms with van der Waals surface area (Å²) in [7, 11) is 0. The van der Waals surface area contributed by atoms with Gasteiger partial charge in [0.15, 0.2) is 5.11 Å². The number of hydrogen-bond acceptors (Lipinski definition) is 6. The van der Waals surface area contributed by atoms with E-state index >= 15 is 0 Å². The van der Waals surface area contributed by atoms with E-state index < -0.39 is 5.54 Å². The van der Waals surface area contributed by atoms with Gasteiger partial charge in [0.2, 0.25) is 11.8 Å². The molecule has 2 aromatic carbocycles. The number of nitrogens with one attached hydrogen (secondary N) is 2. The van der Waals surface area contributed by atoms with Gasteiger partial charge in [0.05, 0.1) is 25.8 Å². The number of benzene rings is 2. The van der Waals surface area contributed by atoms with Crippen molar-refractivity contribution >= 4 is 40.5 Å². The maximum Gasteiger partial charge on any atom is 0.250 e. The van der Waals surface area contributed by atoms with E-state index in [-0.39, 0.29) is 24.4 Å². The third-order valence-corrected chi connectivity index (χ3v) is 9.13. The second-order valence-electron chi connectivity index (χ2n) is 11.5. The van der Waals surface area contributed by atoms with Crippen molar-refractivity contribution in [3.63, 3.8) is 0 Å². The summed E-state index contributed by atoms with van der Waals surface area (Å²) in [6.45, 7) is 4.11. The lowest BCUT2D eigenvalue weighted by atomic mass is 9.92. The first-order chi connectivity index (χ1) is 21.0. The molecule has 2 aliphatic heterocycles. The van der Waals surface area contributed by atoms with Crippen molar-refractivity contribution in [3.05, 3.63) is 90.3 Å². The average Bonchev–Trinajstić information content (AvgIpc) is 3.69. The Labute approximate surface area is 258 Å². The Balaban J connectivity index is 1.22. The fourth-order valence-electron chi connectivity index (χ4n) is 6.40. The number of carbonyl (C=O) groups excluding carboxylic acids is 2. The van der Waals surface area contributed by atoms with Crippen molar-refractivity contribution in [2.24, 2.45) is 0 Å². The van der Waals surface area contributed by atoms with Crippen molar-refractivity contribution in [1.82, 2.24) is 20.1 Å². The normalized spacial score (nSPS) is 19.6. The van der Waals surface area contributed by atoms with Gasteiger partial charge in [-0.05, 0) is 66.5 Å². The SMILES string of the molecule is O=C(CN1C[C@H](c2ccccc2)NC1=S)N(Cc1cccnc1)C1(C(=O)Nc2ccc(N3CCOCC3)cc2)CCCC1. The van der Waals surface area contributed by atoms with E-state index in [1.807, 2.05) is 59.5 Å². The van der Waals surface area contributed by atoms with E-state index in [9.17, 15) is 9.59 Å². The van der Waals surface area contributed by atoms with Gasteiger partial charge in [0, 0.05) is 49.9 Å². The van der Waals surface area contributed by atoms with Crippen molar-refractivity contribution in [2.45, 2.75) is 43.8 Å². The quantitative estimate of drug-likeness (QED) is 0.356. The Morgan fingerprint density at radius 2 is 1.77 bits per heavy atom. The number of aromatic nitrogens is 1. The maximum atomic E-state index is 14.2. The largest absolute Gasteiger partial charge is 0.378 e. The van der Waals surface area contributed by atoms with Crippen LogP contribution in [0.5, 0.6) is 0 Å². The molecule has 10 heteroatoms. The summed E-state index contributed by atoms with van der Waals surface area (Å²) in [6, 6.07) is 21.9. The number of anilines is 2. The highest BCUT2D eigenvalue weighted by atomic mass is 32.1. The smallest absolute Gasteiger partial charge is 0.250 e. The monoisotopic (exact) mass is 598 g/mol. The summed E-state index contributed by atoms with van der Waals surface area (Å²) in [5.41, 5.74) is 2.86. The van der Waals surface area contributed by atoms with Gasteiger partial charge in [-0.2, -0.15) is 0 Å². The molecule has 3 aromatic rings. The lowest BCUT2D eigenvalue weighted by Crippen LogP contribution is -2.59. The van der Waals surface area contributed by atoms with E-state index in [0.717, 1.165) is 48.4 Å². The van der Waals surface area contributed by atoms with Gasteiger partial charge in [0.1, 0.15) is 5.54 Å². The van der Waals surface area contributed by atoms with Crippen LogP contribution < -0.4 is 15.5 Å². The Kier molecular flexibility index (Phi) is 8.85. The van der Waals surface area contributed by atoms with Gasteiger partial charge in [-0.25, -0.2) is 0 Å². The zero-order valence-electron chi connectivity index (χ0n) is 24.3. The van der Waals surface area contributed by atoms with Crippen molar-refractivity contribution in [3.8, 4) is 0 Å². The summed E-state index contributed by atoms with van der Waals surface area (Å²) >= 11 is 5.66. The van der Waals surface area contributed by atoms with Crippen molar-refractivity contribution in [1.29, 1.82) is 0 Å². The molecule has 43 heavy (non-hydrogen) atoms. The van der Waals surface area contributed by atoms with Gasteiger partial charge in [0.25, 0.3) is 0 Å².